The first-order valence-electron chi connectivity index (χ1n) is 27.7. The Balaban J connectivity index is 0.946. The predicted molar refractivity (Wildman–Crippen MR) is 260 cm³/mol. The lowest BCUT2D eigenvalue weighted by molar-refractivity contribution is -0.398. The molecule has 434 valence electrons. The highest BCUT2D eigenvalue weighted by Gasteiger charge is 2.75. The molecule has 4 saturated carbocycles. The standard InChI is InChI=1S/C54H86O22/c1-22-31(59)27(19-55)71-46(38(22)73-44-37(65)35(63)33(61)28(20-56)70-44)74-39-26(58)21-68-45(40(39)75-43-36(64)34(62)32(60)23(2)69-43)72-30-11-12-49(5)29(48(30,3)4)10-13-51(7)42(49)25(57)18-24-41-53(9,67)52(8)15-17-54(41,47(66)76-52)16-14-50(24,51)6/h22-23,25-40,42-46,55-65,67H,10-21H2,1-9H3. The van der Waals surface area contributed by atoms with Crippen LogP contribution in [-0.4, -0.2) is 221 Å². The lowest BCUT2D eigenvalue weighted by Crippen LogP contribution is -2.72. The molecule has 12 N–H and O–H groups in total. The number of hydrogen-bond donors (Lipinski definition) is 12. The molecule has 1 spiro atoms. The lowest BCUT2D eigenvalue weighted by Gasteiger charge is -2.73. The quantitative estimate of drug-likeness (QED) is 0.0720. The highest BCUT2D eigenvalue weighted by molar-refractivity contribution is 5.86. The Kier molecular flexibility index (Phi) is 15.0. The van der Waals surface area contributed by atoms with Gasteiger partial charge in [0.25, 0.3) is 0 Å². The molecule has 0 aromatic heterocycles. The number of ether oxygens (including phenoxy) is 9. The first-order chi connectivity index (χ1) is 35.5. The third-order valence-electron chi connectivity index (χ3n) is 22.1. The topological polar surface area (TPSA) is 343 Å². The van der Waals surface area contributed by atoms with E-state index in [9.17, 15) is 66.1 Å². The summed E-state index contributed by atoms with van der Waals surface area (Å²) < 4.78 is 56.4. The van der Waals surface area contributed by atoms with Crippen molar-refractivity contribution in [1.82, 2.24) is 0 Å². The fourth-order valence-electron chi connectivity index (χ4n) is 17.2. The van der Waals surface area contributed by atoms with Gasteiger partial charge in [-0.2, -0.15) is 0 Å². The maximum atomic E-state index is 13.9. The van der Waals surface area contributed by atoms with E-state index in [4.69, 9.17) is 42.6 Å². The van der Waals surface area contributed by atoms with Crippen molar-refractivity contribution >= 4 is 5.97 Å². The van der Waals surface area contributed by atoms with E-state index < -0.39 is 187 Å². The van der Waals surface area contributed by atoms with Crippen molar-refractivity contribution in [2.75, 3.05) is 19.8 Å². The number of fused-ring (bicyclic) bond motifs is 7. The Morgan fingerprint density at radius 1 is 0.592 bits per heavy atom. The summed E-state index contributed by atoms with van der Waals surface area (Å²) in [5.41, 5.74) is -3.57. The van der Waals surface area contributed by atoms with Gasteiger partial charge in [0, 0.05) is 5.92 Å². The summed E-state index contributed by atoms with van der Waals surface area (Å²) >= 11 is 0. The molecular formula is C54H86O22. The van der Waals surface area contributed by atoms with Crippen LogP contribution in [0, 0.1) is 44.8 Å². The maximum Gasteiger partial charge on any atom is 0.316 e. The Morgan fingerprint density at radius 2 is 1.18 bits per heavy atom. The van der Waals surface area contributed by atoms with Crippen LogP contribution in [0.2, 0.25) is 0 Å². The van der Waals surface area contributed by atoms with Crippen LogP contribution in [0.3, 0.4) is 0 Å². The van der Waals surface area contributed by atoms with Crippen LogP contribution in [0.5, 0.6) is 0 Å². The summed E-state index contributed by atoms with van der Waals surface area (Å²) in [4.78, 5) is 13.9. The summed E-state index contributed by atoms with van der Waals surface area (Å²) in [5, 5.41) is 134. The average Bonchev–Trinajstić information content (AvgIpc) is 3.56. The molecule has 10 fully saturated rings. The van der Waals surface area contributed by atoms with Crippen LogP contribution in [-0.2, 0) is 47.4 Å². The molecule has 22 heteroatoms. The number of rotatable bonds is 10. The van der Waals surface area contributed by atoms with E-state index in [2.05, 4.69) is 34.6 Å². The van der Waals surface area contributed by atoms with Gasteiger partial charge in [-0.05, 0) is 118 Å². The number of aliphatic hydroxyl groups excluding tert-OH is 11. The zero-order valence-corrected chi connectivity index (χ0v) is 45.2. The van der Waals surface area contributed by atoms with Gasteiger partial charge in [-0.25, -0.2) is 0 Å². The average molecular weight is 1090 g/mol. The minimum Gasteiger partial charge on any atom is -0.455 e. The number of hydrogen-bond acceptors (Lipinski definition) is 22. The Hall–Kier alpha value is -1.59. The Morgan fingerprint density at radius 3 is 1.84 bits per heavy atom. The molecule has 11 rings (SSSR count). The second kappa shape index (κ2) is 19.8. The van der Waals surface area contributed by atoms with Gasteiger partial charge in [0.05, 0.1) is 49.7 Å². The minimum absolute atomic E-state index is 0.0252. The van der Waals surface area contributed by atoms with Gasteiger partial charge in [-0.1, -0.05) is 47.1 Å². The van der Waals surface area contributed by atoms with Crippen LogP contribution in [0.15, 0.2) is 11.1 Å². The van der Waals surface area contributed by atoms with E-state index in [1.807, 2.05) is 6.92 Å². The molecule has 6 saturated heterocycles. The second-order valence-electron chi connectivity index (χ2n) is 26.2. The lowest BCUT2D eigenvalue weighted by atomic mass is 9.33. The van der Waals surface area contributed by atoms with E-state index in [1.54, 1.807) is 13.8 Å². The van der Waals surface area contributed by atoms with Gasteiger partial charge in [0.1, 0.15) is 84.4 Å². The molecular weight excluding hydrogens is 1000 g/mol. The molecule has 0 radical (unpaired) electrons. The Labute approximate surface area is 443 Å². The highest BCUT2D eigenvalue weighted by atomic mass is 16.8. The van der Waals surface area contributed by atoms with Gasteiger partial charge in [-0.15, -0.1) is 0 Å². The van der Waals surface area contributed by atoms with E-state index in [1.165, 1.54) is 6.92 Å². The van der Waals surface area contributed by atoms with Crippen LogP contribution < -0.4 is 0 Å². The van der Waals surface area contributed by atoms with Crippen molar-refractivity contribution in [3.63, 3.8) is 0 Å². The molecule has 0 aromatic carbocycles. The Bertz CT molecular complexity index is 2200. The molecule has 76 heavy (non-hydrogen) atoms. The van der Waals surface area contributed by atoms with Gasteiger partial charge in [0.15, 0.2) is 25.2 Å². The number of carbonyl (C=O) groups is 1. The second-order valence-corrected chi connectivity index (χ2v) is 26.2. The molecule has 29 unspecified atom stereocenters. The fraction of sp³-hybridized carbons (Fsp3) is 0.944. The molecule has 22 nitrogen and oxygen atoms in total. The van der Waals surface area contributed by atoms with E-state index >= 15 is 0 Å². The zero-order valence-electron chi connectivity index (χ0n) is 45.2. The normalized spacial score (nSPS) is 57.0. The van der Waals surface area contributed by atoms with Gasteiger partial charge in [0.2, 0.25) is 0 Å². The van der Waals surface area contributed by atoms with Crippen LogP contribution in [0.25, 0.3) is 0 Å². The van der Waals surface area contributed by atoms with Gasteiger partial charge >= 0.3 is 5.97 Å². The van der Waals surface area contributed by atoms with Crippen molar-refractivity contribution < 1.29 is 109 Å². The molecule has 0 aromatic rings. The van der Waals surface area contributed by atoms with E-state index in [-0.39, 0.29) is 17.8 Å². The SMILES string of the molecule is CC1OC(OC2C(OC3CCC4(C)C(CCC5(C)C4C(O)CC4=C6C7(CCC(C)(OC7=O)C6(C)O)CCC45C)C3(C)C)OCC(O)C2OC2OC(CO)C(O)C(C)C2OC2OC(CO)C(O)C(O)C2O)C(O)C(O)C1O. The van der Waals surface area contributed by atoms with Gasteiger partial charge in [-0.3, -0.25) is 4.79 Å². The van der Waals surface area contributed by atoms with Crippen molar-refractivity contribution in [2.24, 2.45) is 44.8 Å². The van der Waals surface area contributed by atoms with E-state index in [0.717, 1.165) is 24.0 Å². The maximum absolute atomic E-state index is 13.9. The summed E-state index contributed by atoms with van der Waals surface area (Å²) in [6.45, 7) is 15.9. The number of esters is 1. The summed E-state index contributed by atoms with van der Waals surface area (Å²) in [5.74, 6) is -1.45. The zero-order chi connectivity index (χ0) is 55.4. The fourth-order valence-corrected chi connectivity index (χ4v) is 17.2. The summed E-state index contributed by atoms with van der Waals surface area (Å²) in [6, 6.07) is 0. The first-order valence-corrected chi connectivity index (χ1v) is 27.7. The molecule has 0 amide bonds. The number of aliphatic hydroxyl groups is 12. The van der Waals surface area contributed by atoms with Crippen molar-refractivity contribution in [3.05, 3.63) is 11.1 Å². The molecule has 6 heterocycles. The van der Waals surface area contributed by atoms with Crippen molar-refractivity contribution in [2.45, 2.75) is 254 Å². The molecule has 11 aliphatic rings. The first kappa shape index (κ1) is 57.6. The largest absolute Gasteiger partial charge is 0.455 e. The molecule has 29 atom stereocenters. The molecule has 6 aliphatic heterocycles. The van der Waals surface area contributed by atoms with Crippen molar-refractivity contribution in [1.29, 1.82) is 0 Å². The van der Waals surface area contributed by atoms with Crippen LogP contribution >= 0.6 is 0 Å². The van der Waals surface area contributed by atoms with E-state index in [0.29, 0.717) is 44.9 Å². The highest BCUT2D eigenvalue weighted by Crippen LogP contribution is 2.77. The summed E-state index contributed by atoms with van der Waals surface area (Å²) in [6.07, 6.45) is -23.8. The van der Waals surface area contributed by atoms with Crippen molar-refractivity contribution in [3.8, 4) is 0 Å². The van der Waals surface area contributed by atoms with Crippen LogP contribution in [0.1, 0.15) is 120 Å². The predicted octanol–water partition coefficient (Wildman–Crippen LogP) is -0.847. The molecule has 5 aliphatic carbocycles. The summed E-state index contributed by atoms with van der Waals surface area (Å²) in [7, 11) is 0. The smallest absolute Gasteiger partial charge is 0.316 e. The molecule has 2 bridgehead atoms. The monoisotopic (exact) mass is 1090 g/mol. The van der Waals surface area contributed by atoms with Gasteiger partial charge < -0.3 is 104 Å². The third-order valence-corrected chi connectivity index (χ3v) is 22.1. The van der Waals surface area contributed by atoms with Crippen LogP contribution in [0.4, 0.5) is 0 Å². The third kappa shape index (κ3) is 8.34. The minimum atomic E-state index is -1.86. The number of carbonyl (C=O) groups excluding carboxylic acids is 1.